The summed E-state index contributed by atoms with van der Waals surface area (Å²) >= 11 is 0. The number of benzene rings is 1. The summed E-state index contributed by atoms with van der Waals surface area (Å²) < 4.78 is 32.5. The van der Waals surface area contributed by atoms with Crippen molar-refractivity contribution >= 4 is 27.7 Å². The van der Waals surface area contributed by atoms with E-state index in [1.807, 2.05) is 0 Å². The first-order valence-corrected chi connectivity index (χ1v) is 9.17. The number of oxime groups is 1. The molecule has 0 saturated carbocycles. The highest BCUT2D eigenvalue weighted by Crippen LogP contribution is 2.20. The molecule has 0 bridgehead atoms. The van der Waals surface area contributed by atoms with E-state index in [1.54, 1.807) is 0 Å². The standard InChI is InChI=1S/C14H17N3O8S/c1-23-15-13-7-12(25-26(2,21)22)8-16(13)14(18)24-9-10-3-5-11(6-4-10)17(19)20/h3-6,12H,7-9H2,1-2H3/b15-13+/t12-/m1/s1. The van der Waals surface area contributed by atoms with Crippen molar-refractivity contribution in [3.63, 3.8) is 0 Å². The maximum atomic E-state index is 12.2. The molecule has 1 fully saturated rings. The Morgan fingerprint density at radius 3 is 2.58 bits per heavy atom. The molecule has 0 spiro atoms. The largest absolute Gasteiger partial charge is 0.444 e. The molecule has 142 valence electrons. The number of nitro benzene ring substituents is 1. The van der Waals surface area contributed by atoms with Gasteiger partial charge in [0, 0.05) is 18.6 Å². The number of hydrogen-bond acceptors (Lipinski definition) is 9. The van der Waals surface area contributed by atoms with Crippen LogP contribution in [0.25, 0.3) is 0 Å². The zero-order valence-corrected chi connectivity index (χ0v) is 14.8. The minimum Gasteiger partial charge on any atom is -0.444 e. The van der Waals surface area contributed by atoms with E-state index >= 15 is 0 Å². The Hall–Kier alpha value is -2.73. The summed E-state index contributed by atoms with van der Waals surface area (Å²) in [7, 11) is -2.40. The molecule has 1 atom stereocenters. The van der Waals surface area contributed by atoms with E-state index in [1.165, 1.54) is 31.4 Å². The highest BCUT2D eigenvalue weighted by Gasteiger charge is 2.36. The second kappa shape index (κ2) is 8.10. The maximum absolute atomic E-state index is 12.2. The molecular formula is C14H17N3O8S. The zero-order chi connectivity index (χ0) is 19.3. The SMILES string of the molecule is CO/N=C1\C[C@@H](OS(C)(=O)=O)CN1C(=O)OCc1ccc([N+](=O)[O-])cc1. The van der Waals surface area contributed by atoms with E-state index in [2.05, 4.69) is 9.99 Å². The number of likely N-dealkylation sites (tertiary alicyclic amines) is 1. The van der Waals surface area contributed by atoms with E-state index in [0.29, 0.717) is 5.56 Å². The molecule has 0 radical (unpaired) electrons. The van der Waals surface area contributed by atoms with Crippen molar-refractivity contribution in [1.82, 2.24) is 4.90 Å². The van der Waals surface area contributed by atoms with Crippen molar-refractivity contribution in [2.75, 3.05) is 19.9 Å². The molecule has 1 aliphatic heterocycles. The van der Waals surface area contributed by atoms with Gasteiger partial charge in [0.25, 0.3) is 15.8 Å². The lowest BCUT2D eigenvalue weighted by Gasteiger charge is -2.16. The first kappa shape index (κ1) is 19.6. The monoisotopic (exact) mass is 387 g/mol. The fourth-order valence-corrected chi connectivity index (χ4v) is 2.93. The van der Waals surface area contributed by atoms with Crippen LogP contribution in [-0.4, -0.2) is 56.2 Å². The number of rotatable bonds is 6. The molecule has 2 rings (SSSR count). The highest BCUT2D eigenvalue weighted by molar-refractivity contribution is 7.86. The zero-order valence-electron chi connectivity index (χ0n) is 14.0. The van der Waals surface area contributed by atoms with Gasteiger partial charge in [0.05, 0.1) is 17.7 Å². The predicted molar refractivity (Wildman–Crippen MR) is 88.8 cm³/mol. The molecular weight excluding hydrogens is 370 g/mol. The Morgan fingerprint density at radius 2 is 2.04 bits per heavy atom. The van der Waals surface area contributed by atoms with Crippen LogP contribution < -0.4 is 0 Å². The summed E-state index contributed by atoms with van der Waals surface area (Å²) in [6.07, 6.45) is -0.576. The molecule has 12 heteroatoms. The van der Waals surface area contributed by atoms with Crippen LogP contribution in [0.3, 0.4) is 0 Å². The molecule has 1 aliphatic rings. The Bertz CT molecular complexity index is 806. The number of amidine groups is 1. The van der Waals surface area contributed by atoms with Gasteiger partial charge in [0.15, 0.2) is 5.84 Å². The fraction of sp³-hybridized carbons (Fsp3) is 0.429. The molecule has 26 heavy (non-hydrogen) atoms. The second-order valence-corrected chi connectivity index (χ2v) is 7.01. The third-order valence-corrected chi connectivity index (χ3v) is 3.97. The highest BCUT2D eigenvalue weighted by atomic mass is 32.2. The van der Waals surface area contributed by atoms with Gasteiger partial charge in [-0.25, -0.2) is 4.79 Å². The number of ether oxygens (including phenoxy) is 1. The van der Waals surface area contributed by atoms with E-state index in [-0.39, 0.29) is 31.1 Å². The topological polar surface area (TPSA) is 138 Å². The van der Waals surface area contributed by atoms with Gasteiger partial charge in [-0.05, 0) is 17.7 Å². The Labute approximate surface area is 149 Å². The predicted octanol–water partition coefficient (Wildman–Crippen LogP) is 1.24. The number of amides is 1. The Morgan fingerprint density at radius 1 is 1.38 bits per heavy atom. The van der Waals surface area contributed by atoms with Crippen LogP contribution in [0, 0.1) is 10.1 Å². The number of carbonyl (C=O) groups excluding carboxylic acids is 1. The van der Waals surface area contributed by atoms with Crippen LogP contribution >= 0.6 is 0 Å². The number of nitrogens with zero attached hydrogens (tertiary/aromatic N) is 3. The third-order valence-electron chi connectivity index (χ3n) is 3.35. The second-order valence-electron chi connectivity index (χ2n) is 5.41. The summed E-state index contributed by atoms with van der Waals surface area (Å²) in [6.45, 7) is -0.181. The minimum atomic E-state index is -3.69. The van der Waals surface area contributed by atoms with Gasteiger partial charge in [0.2, 0.25) is 0 Å². The lowest BCUT2D eigenvalue weighted by Crippen LogP contribution is -2.34. The molecule has 0 aliphatic carbocycles. The summed E-state index contributed by atoms with van der Waals surface area (Å²) in [4.78, 5) is 28.1. The van der Waals surface area contributed by atoms with E-state index in [0.717, 1.165) is 11.2 Å². The molecule has 11 nitrogen and oxygen atoms in total. The van der Waals surface area contributed by atoms with Crippen LogP contribution in [-0.2, 0) is 30.5 Å². The minimum absolute atomic E-state index is 0.0612. The molecule has 1 aromatic carbocycles. The first-order chi connectivity index (χ1) is 12.2. The van der Waals surface area contributed by atoms with Crippen molar-refractivity contribution in [1.29, 1.82) is 0 Å². The summed E-state index contributed by atoms with van der Waals surface area (Å²) in [5.74, 6) is 0.176. The van der Waals surface area contributed by atoms with Gasteiger partial charge in [-0.1, -0.05) is 5.16 Å². The van der Waals surface area contributed by atoms with Crippen LogP contribution in [0.1, 0.15) is 12.0 Å². The summed E-state index contributed by atoms with van der Waals surface area (Å²) in [6, 6.07) is 5.53. The quantitative estimate of drug-likeness (QED) is 0.404. The van der Waals surface area contributed by atoms with Gasteiger partial charge in [-0.2, -0.15) is 8.42 Å². The van der Waals surface area contributed by atoms with E-state index < -0.39 is 27.2 Å². The molecule has 0 unspecified atom stereocenters. The number of nitro groups is 1. The van der Waals surface area contributed by atoms with Gasteiger partial charge in [-0.3, -0.25) is 19.2 Å². The maximum Gasteiger partial charge on any atom is 0.415 e. The first-order valence-electron chi connectivity index (χ1n) is 7.35. The fourth-order valence-electron chi connectivity index (χ4n) is 2.31. The van der Waals surface area contributed by atoms with Crippen LogP contribution in [0.4, 0.5) is 10.5 Å². The number of hydrogen-bond donors (Lipinski definition) is 0. The molecule has 1 amide bonds. The van der Waals surface area contributed by atoms with Crippen LogP contribution in [0.15, 0.2) is 29.4 Å². The third kappa shape index (κ3) is 5.39. The lowest BCUT2D eigenvalue weighted by atomic mass is 10.2. The smallest absolute Gasteiger partial charge is 0.415 e. The van der Waals surface area contributed by atoms with Gasteiger partial charge < -0.3 is 9.57 Å². The Kier molecular flexibility index (Phi) is 6.10. The number of non-ortho nitro benzene ring substituents is 1. The molecule has 1 heterocycles. The summed E-state index contributed by atoms with van der Waals surface area (Å²) in [5, 5.41) is 14.3. The lowest BCUT2D eigenvalue weighted by molar-refractivity contribution is -0.384. The van der Waals surface area contributed by atoms with Crippen LogP contribution in [0.5, 0.6) is 0 Å². The molecule has 1 aromatic rings. The van der Waals surface area contributed by atoms with Crippen molar-refractivity contribution in [2.24, 2.45) is 5.16 Å². The van der Waals surface area contributed by atoms with E-state index in [4.69, 9.17) is 8.92 Å². The Balaban J connectivity index is 2.00. The van der Waals surface area contributed by atoms with Gasteiger partial charge >= 0.3 is 6.09 Å². The van der Waals surface area contributed by atoms with Crippen molar-refractivity contribution in [2.45, 2.75) is 19.1 Å². The van der Waals surface area contributed by atoms with Gasteiger partial charge in [0.1, 0.15) is 19.8 Å². The van der Waals surface area contributed by atoms with Crippen molar-refractivity contribution < 1.29 is 31.9 Å². The van der Waals surface area contributed by atoms with Crippen LogP contribution in [0.2, 0.25) is 0 Å². The molecule has 1 saturated heterocycles. The van der Waals surface area contributed by atoms with E-state index in [9.17, 15) is 23.3 Å². The normalized spacial score (nSPS) is 18.8. The average Bonchev–Trinajstić information content (AvgIpc) is 2.94. The summed E-state index contributed by atoms with van der Waals surface area (Å²) in [5.41, 5.74) is 0.479. The average molecular weight is 387 g/mol. The van der Waals surface area contributed by atoms with Crippen molar-refractivity contribution in [3.05, 3.63) is 39.9 Å². The molecule has 0 aromatic heterocycles. The number of carbonyl (C=O) groups is 1. The van der Waals surface area contributed by atoms with Gasteiger partial charge in [-0.15, -0.1) is 0 Å². The molecule has 0 N–H and O–H groups in total. The van der Waals surface area contributed by atoms with Crippen molar-refractivity contribution in [3.8, 4) is 0 Å².